The minimum atomic E-state index is 0.184. The lowest BCUT2D eigenvalue weighted by atomic mass is 10.1. The van der Waals surface area contributed by atoms with Crippen molar-refractivity contribution in [3.05, 3.63) is 0 Å². The SMILES string of the molecule is NCCCCCCCCCNC(N)CCCCCCCN. The van der Waals surface area contributed by atoms with E-state index < -0.39 is 0 Å². The molecule has 0 aliphatic rings. The molecule has 128 valence electrons. The second kappa shape index (κ2) is 17.9. The highest BCUT2D eigenvalue weighted by Crippen LogP contribution is 2.07. The van der Waals surface area contributed by atoms with Crippen molar-refractivity contribution in [3.8, 4) is 0 Å². The van der Waals surface area contributed by atoms with Crippen molar-refractivity contribution in [3.63, 3.8) is 0 Å². The monoisotopic (exact) mass is 300 g/mol. The fourth-order valence-electron chi connectivity index (χ4n) is 2.58. The van der Waals surface area contributed by atoms with Crippen LogP contribution in [0.3, 0.4) is 0 Å². The molecule has 0 heterocycles. The lowest BCUT2D eigenvalue weighted by Gasteiger charge is -2.13. The minimum Gasteiger partial charge on any atom is -0.330 e. The molecule has 0 aromatic heterocycles. The summed E-state index contributed by atoms with van der Waals surface area (Å²) in [5.41, 5.74) is 17.0. The third-order valence-electron chi connectivity index (χ3n) is 4.01. The first-order valence-electron chi connectivity index (χ1n) is 9.20. The summed E-state index contributed by atoms with van der Waals surface area (Å²) in [7, 11) is 0. The second-order valence-electron chi connectivity index (χ2n) is 6.17. The number of nitrogens with two attached hydrogens (primary N) is 3. The van der Waals surface area contributed by atoms with Gasteiger partial charge in [-0.25, -0.2) is 0 Å². The maximum absolute atomic E-state index is 6.07. The molecular formula is C17H40N4. The third kappa shape index (κ3) is 17.8. The van der Waals surface area contributed by atoms with Gasteiger partial charge in [0.1, 0.15) is 0 Å². The Morgan fingerprint density at radius 2 is 1.00 bits per heavy atom. The van der Waals surface area contributed by atoms with E-state index in [1.54, 1.807) is 0 Å². The molecule has 1 atom stereocenters. The van der Waals surface area contributed by atoms with Gasteiger partial charge in [0.05, 0.1) is 6.17 Å². The van der Waals surface area contributed by atoms with Gasteiger partial charge in [0, 0.05) is 0 Å². The van der Waals surface area contributed by atoms with Crippen molar-refractivity contribution in [2.75, 3.05) is 19.6 Å². The van der Waals surface area contributed by atoms with Gasteiger partial charge in [0.2, 0.25) is 0 Å². The van der Waals surface area contributed by atoms with Crippen molar-refractivity contribution in [2.45, 2.75) is 89.6 Å². The Kier molecular flexibility index (Phi) is 17.8. The Morgan fingerprint density at radius 3 is 1.52 bits per heavy atom. The predicted molar refractivity (Wildman–Crippen MR) is 94.1 cm³/mol. The summed E-state index contributed by atoms with van der Waals surface area (Å²) in [6, 6.07) is 0. The Balaban J connectivity index is 3.10. The van der Waals surface area contributed by atoms with Gasteiger partial charge in [-0.3, -0.25) is 0 Å². The minimum absolute atomic E-state index is 0.184. The molecule has 21 heavy (non-hydrogen) atoms. The van der Waals surface area contributed by atoms with Crippen LogP contribution in [0, 0.1) is 0 Å². The topological polar surface area (TPSA) is 90.1 Å². The zero-order chi connectivity index (χ0) is 15.6. The molecule has 0 aliphatic carbocycles. The van der Waals surface area contributed by atoms with Crippen molar-refractivity contribution >= 4 is 0 Å². The van der Waals surface area contributed by atoms with Gasteiger partial charge < -0.3 is 22.5 Å². The molecule has 0 aliphatic heterocycles. The molecule has 0 bridgehead atoms. The van der Waals surface area contributed by atoms with Crippen LogP contribution in [-0.4, -0.2) is 25.8 Å². The van der Waals surface area contributed by atoms with Crippen molar-refractivity contribution in [2.24, 2.45) is 17.2 Å². The number of nitrogens with one attached hydrogen (secondary N) is 1. The van der Waals surface area contributed by atoms with Crippen molar-refractivity contribution in [1.82, 2.24) is 5.32 Å². The van der Waals surface area contributed by atoms with Gasteiger partial charge in [-0.2, -0.15) is 0 Å². The summed E-state index contributed by atoms with van der Waals surface area (Å²) in [4.78, 5) is 0. The smallest absolute Gasteiger partial charge is 0.0546 e. The van der Waals surface area contributed by atoms with E-state index in [4.69, 9.17) is 17.2 Å². The zero-order valence-electron chi connectivity index (χ0n) is 14.1. The Labute approximate surface area is 132 Å². The number of unbranched alkanes of at least 4 members (excludes halogenated alkanes) is 10. The standard InChI is InChI=1S/C17H40N4/c18-14-10-6-2-1-3-8-12-16-21-17(20)13-9-5-4-7-11-15-19/h17,21H,1-16,18-20H2. The lowest BCUT2D eigenvalue weighted by molar-refractivity contribution is 0.452. The van der Waals surface area contributed by atoms with Crippen LogP contribution in [-0.2, 0) is 0 Å². The van der Waals surface area contributed by atoms with Crippen LogP contribution in [0.2, 0.25) is 0 Å². The summed E-state index contributed by atoms with van der Waals surface area (Å²) in [5, 5.41) is 3.44. The predicted octanol–water partition coefficient (Wildman–Crippen LogP) is 2.85. The van der Waals surface area contributed by atoms with E-state index in [9.17, 15) is 0 Å². The molecule has 0 radical (unpaired) electrons. The molecule has 1 unspecified atom stereocenters. The van der Waals surface area contributed by atoms with E-state index in [1.807, 2.05) is 0 Å². The van der Waals surface area contributed by atoms with Crippen molar-refractivity contribution < 1.29 is 0 Å². The molecule has 0 saturated carbocycles. The Bertz CT molecular complexity index is 188. The molecule has 4 nitrogen and oxygen atoms in total. The van der Waals surface area contributed by atoms with Gasteiger partial charge in [-0.1, -0.05) is 57.8 Å². The zero-order valence-corrected chi connectivity index (χ0v) is 14.1. The molecule has 0 saturated heterocycles. The van der Waals surface area contributed by atoms with E-state index in [-0.39, 0.29) is 6.17 Å². The highest BCUT2D eigenvalue weighted by atomic mass is 15.0. The maximum Gasteiger partial charge on any atom is 0.0546 e. The molecule has 0 aromatic rings. The molecule has 0 aromatic carbocycles. The van der Waals surface area contributed by atoms with Crippen LogP contribution < -0.4 is 22.5 Å². The summed E-state index contributed by atoms with van der Waals surface area (Å²) in [6.07, 6.45) is 16.6. The van der Waals surface area contributed by atoms with E-state index in [2.05, 4.69) is 5.32 Å². The first kappa shape index (κ1) is 20.8. The number of rotatable bonds is 17. The molecule has 0 amide bonds. The van der Waals surface area contributed by atoms with Gasteiger partial charge in [0.25, 0.3) is 0 Å². The third-order valence-corrected chi connectivity index (χ3v) is 4.01. The second-order valence-corrected chi connectivity index (χ2v) is 6.17. The molecule has 7 N–H and O–H groups in total. The largest absolute Gasteiger partial charge is 0.330 e. The number of hydrogen-bond donors (Lipinski definition) is 4. The average molecular weight is 301 g/mol. The van der Waals surface area contributed by atoms with Crippen LogP contribution in [0.25, 0.3) is 0 Å². The fourth-order valence-corrected chi connectivity index (χ4v) is 2.58. The van der Waals surface area contributed by atoms with Crippen LogP contribution in [0.15, 0.2) is 0 Å². The molecule has 4 heteroatoms. The molecule has 0 spiro atoms. The van der Waals surface area contributed by atoms with E-state index in [0.717, 1.165) is 32.5 Å². The van der Waals surface area contributed by atoms with Crippen molar-refractivity contribution in [1.29, 1.82) is 0 Å². The van der Waals surface area contributed by atoms with Crippen LogP contribution in [0.4, 0.5) is 0 Å². The summed E-state index contributed by atoms with van der Waals surface area (Å²) in [6.45, 7) is 2.74. The van der Waals surface area contributed by atoms with Gasteiger partial charge in [0.15, 0.2) is 0 Å². The average Bonchev–Trinajstić information content (AvgIpc) is 2.49. The van der Waals surface area contributed by atoms with Crippen LogP contribution in [0.5, 0.6) is 0 Å². The molecule has 0 rings (SSSR count). The molecular weight excluding hydrogens is 260 g/mol. The number of hydrogen-bond acceptors (Lipinski definition) is 4. The quantitative estimate of drug-likeness (QED) is 0.246. The van der Waals surface area contributed by atoms with E-state index >= 15 is 0 Å². The lowest BCUT2D eigenvalue weighted by Crippen LogP contribution is -2.37. The van der Waals surface area contributed by atoms with E-state index in [0.29, 0.717) is 0 Å². The first-order valence-corrected chi connectivity index (χ1v) is 9.20. The highest BCUT2D eigenvalue weighted by molar-refractivity contribution is 4.60. The fraction of sp³-hybridized carbons (Fsp3) is 1.00. The Hall–Kier alpha value is -0.160. The summed E-state index contributed by atoms with van der Waals surface area (Å²) in [5.74, 6) is 0. The first-order chi connectivity index (χ1) is 10.3. The van der Waals surface area contributed by atoms with Crippen LogP contribution in [0.1, 0.15) is 83.5 Å². The summed E-state index contributed by atoms with van der Waals surface area (Å²) >= 11 is 0. The van der Waals surface area contributed by atoms with Gasteiger partial charge in [-0.15, -0.1) is 0 Å². The molecule has 0 fully saturated rings. The van der Waals surface area contributed by atoms with Crippen LogP contribution >= 0.6 is 0 Å². The normalized spacial score (nSPS) is 12.7. The van der Waals surface area contributed by atoms with E-state index in [1.165, 1.54) is 70.6 Å². The van der Waals surface area contributed by atoms with Gasteiger partial charge >= 0.3 is 0 Å². The van der Waals surface area contributed by atoms with Gasteiger partial charge in [-0.05, 0) is 45.3 Å². The Morgan fingerprint density at radius 1 is 0.571 bits per heavy atom. The summed E-state index contributed by atoms with van der Waals surface area (Å²) < 4.78 is 0. The highest BCUT2D eigenvalue weighted by Gasteiger charge is 2.00. The maximum atomic E-state index is 6.07.